The zero-order valence-corrected chi connectivity index (χ0v) is 14.8. The average molecular weight is 322 g/mol. The zero-order valence-electron chi connectivity index (χ0n) is 13.9. The van der Waals surface area contributed by atoms with Gasteiger partial charge in [0.05, 0.1) is 6.10 Å². The average Bonchev–Trinajstić information content (AvgIpc) is 2.39. The predicted molar refractivity (Wildman–Crippen MR) is 88.3 cm³/mol. The molecule has 4 nitrogen and oxygen atoms in total. The lowest BCUT2D eigenvalue weighted by Crippen LogP contribution is -2.11. The molecule has 0 aliphatic carbocycles. The van der Waals surface area contributed by atoms with E-state index in [1.807, 2.05) is 6.92 Å². The molecular weight excluding hydrogens is 287 g/mol. The molecule has 128 valence electrons. The largest absolute Gasteiger partial charge is 0.469 e. The van der Waals surface area contributed by atoms with Crippen molar-refractivity contribution in [1.82, 2.24) is 0 Å². The highest BCUT2D eigenvalue weighted by Gasteiger charge is 2.21. The maximum atomic E-state index is 10.9. The molecule has 0 aromatic heterocycles. The van der Waals surface area contributed by atoms with Crippen molar-refractivity contribution >= 4 is 7.82 Å². The van der Waals surface area contributed by atoms with Crippen molar-refractivity contribution in [2.75, 3.05) is 0 Å². The van der Waals surface area contributed by atoms with Crippen LogP contribution in [0.15, 0.2) is 0 Å². The highest BCUT2D eigenvalue weighted by Crippen LogP contribution is 2.39. The molecular formula is C16H35O4P. The van der Waals surface area contributed by atoms with Gasteiger partial charge in [0.15, 0.2) is 0 Å². The van der Waals surface area contributed by atoms with E-state index in [9.17, 15) is 4.57 Å². The molecule has 0 spiro atoms. The van der Waals surface area contributed by atoms with Crippen LogP contribution >= 0.6 is 7.82 Å². The van der Waals surface area contributed by atoms with Crippen LogP contribution in [0.2, 0.25) is 0 Å². The number of hydrogen-bond acceptors (Lipinski definition) is 2. The Balaban J connectivity index is 3.47. The van der Waals surface area contributed by atoms with Crippen molar-refractivity contribution in [2.45, 2.75) is 103 Å². The summed E-state index contributed by atoms with van der Waals surface area (Å²) >= 11 is 0. The molecule has 0 fully saturated rings. The smallest absolute Gasteiger partial charge is 0.303 e. The second kappa shape index (κ2) is 13.8. The Bertz CT molecular complexity index is 265. The fraction of sp³-hybridized carbons (Fsp3) is 1.00. The van der Waals surface area contributed by atoms with Gasteiger partial charge in [0, 0.05) is 0 Å². The van der Waals surface area contributed by atoms with E-state index in [1.165, 1.54) is 51.4 Å². The molecule has 2 N–H and O–H groups in total. The van der Waals surface area contributed by atoms with Gasteiger partial charge in [0.1, 0.15) is 0 Å². The second-order valence-corrected chi connectivity index (χ2v) is 7.17. The number of hydrogen-bond donors (Lipinski definition) is 2. The van der Waals surface area contributed by atoms with Crippen molar-refractivity contribution in [3.8, 4) is 0 Å². The van der Waals surface area contributed by atoms with Crippen LogP contribution in [0, 0.1) is 0 Å². The molecule has 0 aromatic rings. The molecule has 0 saturated carbocycles. The van der Waals surface area contributed by atoms with E-state index < -0.39 is 7.82 Å². The van der Waals surface area contributed by atoms with Crippen LogP contribution in [0.1, 0.15) is 97.3 Å². The van der Waals surface area contributed by atoms with Gasteiger partial charge in [-0.1, -0.05) is 84.5 Å². The van der Waals surface area contributed by atoms with Crippen molar-refractivity contribution in [3.05, 3.63) is 0 Å². The Labute approximate surface area is 130 Å². The van der Waals surface area contributed by atoms with Crippen LogP contribution in [0.4, 0.5) is 0 Å². The highest BCUT2D eigenvalue weighted by atomic mass is 31.2. The zero-order chi connectivity index (χ0) is 16.0. The summed E-state index contributed by atoms with van der Waals surface area (Å²) in [5.41, 5.74) is 0. The molecule has 5 heteroatoms. The van der Waals surface area contributed by atoms with Gasteiger partial charge in [0.25, 0.3) is 0 Å². The number of phosphoric acid groups is 1. The summed E-state index contributed by atoms with van der Waals surface area (Å²) in [4.78, 5) is 17.7. The number of unbranched alkanes of at least 4 members (excludes halogenated alkanes) is 9. The van der Waals surface area contributed by atoms with E-state index >= 15 is 0 Å². The van der Waals surface area contributed by atoms with E-state index in [-0.39, 0.29) is 6.10 Å². The quantitative estimate of drug-likeness (QED) is 0.305. The fourth-order valence-corrected chi connectivity index (χ4v) is 3.22. The summed E-state index contributed by atoms with van der Waals surface area (Å²) in [5.74, 6) is 0. The minimum absolute atomic E-state index is 0.287. The van der Waals surface area contributed by atoms with Crippen LogP contribution in [-0.2, 0) is 9.09 Å². The molecule has 0 radical (unpaired) electrons. The molecule has 1 unspecified atom stereocenters. The standard InChI is InChI=1S/C16H35O4P/c1-3-5-6-7-8-9-10-11-12-13-15-16(14-4-2)20-21(17,18)19/h16H,3-15H2,1-2H3,(H2,17,18,19). The summed E-state index contributed by atoms with van der Waals surface area (Å²) < 4.78 is 15.7. The third kappa shape index (κ3) is 16.3. The van der Waals surface area contributed by atoms with Crippen LogP contribution in [-0.4, -0.2) is 15.9 Å². The molecule has 0 rings (SSSR count). The lowest BCUT2D eigenvalue weighted by Gasteiger charge is -2.17. The van der Waals surface area contributed by atoms with Crippen LogP contribution < -0.4 is 0 Å². The number of rotatable bonds is 15. The molecule has 0 aliphatic rings. The molecule has 21 heavy (non-hydrogen) atoms. The first-order valence-electron chi connectivity index (χ1n) is 8.73. The lowest BCUT2D eigenvalue weighted by atomic mass is 10.0. The normalized spacial score (nSPS) is 13.5. The second-order valence-electron chi connectivity index (χ2n) is 5.98. The van der Waals surface area contributed by atoms with Gasteiger partial charge in [-0.05, 0) is 12.8 Å². The van der Waals surface area contributed by atoms with Gasteiger partial charge in [-0.3, -0.25) is 4.52 Å². The van der Waals surface area contributed by atoms with Crippen LogP contribution in [0.25, 0.3) is 0 Å². The van der Waals surface area contributed by atoms with Gasteiger partial charge in [-0.2, -0.15) is 0 Å². The third-order valence-electron chi connectivity index (χ3n) is 3.78. The molecule has 1 atom stereocenters. The maximum absolute atomic E-state index is 10.9. The third-order valence-corrected chi connectivity index (χ3v) is 4.35. The Hall–Kier alpha value is 0.110. The summed E-state index contributed by atoms with van der Waals surface area (Å²) in [6.45, 7) is 4.25. The SMILES string of the molecule is CCCCCCCCCCCCC(CCC)OP(=O)(O)O. The van der Waals surface area contributed by atoms with E-state index in [1.54, 1.807) is 0 Å². The summed E-state index contributed by atoms with van der Waals surface area (Å²) in [7, 11) is -4.33. The minimum Gasteiger partial charge on any atom is -0.303 e. The van der Waals surface area contributed by atoms with Gasteiger partial charge in [0.2, 0.25) is 0 Å². The van der Waals surface area contributed by atoms with Crippen molar-refractivity contribution < 1.29 is 18.9 Å². The Morgan fingerprint density at radius 2 is 1.24 bits per heavy atom. The van der Waals surface area contributed by atoms with E-state index in [4.69, 9.17) is 14.3 Å². The first kappa shape index (κ1) is 21.1. The first-order valence-corrected chi connectivity index (χ1v) is 10.3. The molecule has 0 aromatic carbocycles. The molecule has 0 bridgehead atoms. The Morgan fingerprint density at radius 1 is 0.762 bits per heavy atom. The topological polar surface area (TPSA) is 66.8 Å². The maximum Gasteiger partial charge on any atom is 0.469 e. The predicted octanol–water partition coefficient (Wildman–Crippen LogP) is 5.58. The first-order chi connectivity index (χ1) is 9.99. The lowest BCUT2D eigenvalue weighted by molar-refractivity contribution is 0.117. The van der Waals surface area contributed by atoms with Gasteiger partial charge >= 0.3 is 7.82 Å². The van der Waals surface area contributed by atoms with Crippen molar-refractivity contribution in [3.63, 3.8) is 0 Å². The van der Waals surface area contributed by atoms with Crippen molar-refractivity contribution in [1.29, 1.82) is 0 Å². The van der Waals surface area contributed by atoms with Crippen molar-refractivity contribution in [2.24, 2.45) is 0 Å². The molecule has 0 saturated heterocycles. The molecule has 0 heterocycles. The number of phosphoric ester groups is 1. The molecule has 0 aliphatic heterocycles. The minimum atomic E-state index is -4.33. The van der Waals surface area contributed by atoms with E-state index in [0.29, 0.717) is 0 Å². The monoisotopic (exact) mass is 322 g/mol. The van der Waals surface area contributed by atoms with Gasteiger partial charge in [-0.15, -0.1) is 0 Å². The van der Waals surface area contributed by atoms with Gasteiger partial charge in [-0.25, -0.2) is 4.57 Å². The summed E-state index contributed by atoms with van der Waals surface area (Å²) in [5, 5.41) is 0. The van der Waals surface area contributed by atoms with E-state index in [2.05, 4.69) is 6.92 Å². The Kier molecular flexibility index (Phi) is 13.8. The summed E-state index contributed by atoms with van der Waals surface area (Å²) in [6.07, 6.45) is 14.8. The Morgan fingerprint density at radius 3 is 1.67 bits per heavy atom. The van der Waals surface area contributed by atoms with Gasteiger partial charge < -0.3 is 9.79 Å². The molecule has 0 amide bonds. The van der Waals surface area contributed by atoms with Crippen LogP contribution in [0.5, 0.6) is 0 Å². The summed E-state index contributed by atoms with van der Waals surface area (Å²) in [6, 6.07) is 0. The highest BCUT2D eigenvalue weighted by molar-refractivity contribution is 7.46. The fourth-order valence-electron chi connectivity index (χ4n) is 2.63. The van der Waals surface area contributed by atoms with Crippen LogP contribution in [0.3, 0.4) is 0 Å². The van der Waals surface area contributed by atoms with E-state index in [0.717, 1.165) is 32.1 Å².